The molecule has 0 bridgehead atoms. The van der Waals surface area contributed by atoms with Crippen LogP contribution in [0.1, 0.15) is 58.4 Å². The molecular formula is C22H31NO3. The molecule has 0 spiro atoms. The summed E-state index contributed by atoms with van der Waals surface area (Å²) in [6.45, 7) is 7.18. The first kappa shape index (κ1) is 20.5. The first-order valence-electron chi connectivity index (χ1n) is 9.73. The lowest BCUT2D eigenvalue weighted by Crippen LogP contribution is -2.48. The Balaban J connectivity index is 2.34. The quantitative estimate of drug-likeness (QED) is 0.459. The van der Waals surface area contributed by atoms with Crippen molar-refractivity contribution in [3.63, 3.8) is 0 Å². The van der Waals surface area contributed by atoms with Gasteiger partial charge >= 0.3 is 5.97 Å². The predicted octanol–water partition coefficient (Wildman–Crippen LogP) is 3.69. The molecule has 0 aromatic heterocycles. The van der Waals surface area contributed by atoms with E-state index >= 15 is 0 Å². The zero-order valence-corrected chi connectivity index (χ0v) is 16.2. The van der Waals surface area contributed by atoms with Gasteiger partial charge in [-0.2, -0.15) is 0 Å². The molecule has 0 saturated heterocycles. The van der Waals surface area contributed by atoms with Gasteiger partial charge in [0.25, 0.3) is 0 Å². The van der Waals surface area contributed by atoms with Crippen LogP contribution in [-0.4, -0.2) is 35.3 Å². The third-order valence-electron chi connectivity index (χ3n) is 5.35. The number of carbonyl (C=O) groups excluding carboxylic acids is 1. The molecule has 1 aromatic carbocycles. The Kier molecular flexibility index (Phi) is 7.68. The summed E-state index contributed by atoms with van der Waals surface area (Å²) in [4.78, 5) is 15.2. The van der Waals surface area contributed by atoms with Crippen LogP contribution >= 0.6 is 0 Å². The fourth-order valence-corrected chi connectivity index (χ4v) is 3.80. The average molecular weight is 357 g/mol. The monoisotopic (exact) mass is 357 g/mol. The highest BCUT2D eigenvalue weighted by Crippen LogP contribution is 2.40. The molecule has 4 heteroatoms. The van der Waals surface area contributed by atoms with Crippen molar-refractivity contribution in [2.24, 2.45) is 5.92 Å². The summed E-state index contributed by atoms with van der Waals surface area (Å²) in [5.74, 6) is 5.09. The molecule has 2 unspecified atom stereocenters. The number of nitrogens with zero attached hydrogens (tertiary/aromatic N) is 1. The van der Waals surface area contributed by atoms with Gasteiger partial charge in [0, 0.05) is 5.92 Å². The number of ether oxygens (including phenoxy) is 1. The molecule has 0 aliphatic heterocycles. The van der Waals surface area contributed by atoms with E-state index in [-0.39, 0.29) is 5.92 Å². The Morgan fingerprint density at radius 3 is 2.38 bits per heavy atom. The molecule has 2 rings (SSSR count). The van der Waals surface area contributed by atoms with E-state index in [4.69, 9.17) is 4.74 Å². The van der Waals surface area contributed by atoms with Crippen LogP contribution in [-0.2, 0) is 15.1 Å². The molecule has 4 nitrogen and oxygen atoms in total. The lowest BCUT2D eigenvalue weighted by Gasteiger charge is -2.38. The summed E-state index contributed by atoms with van der Waals surface area (Å²) in [7, 11) is 0. The number of hydrogen-bond acceptors (Lipinski definition) is 4. The van der Waals surface area contributed by atoms with Crippen molar-refractivity contribution in [1.29, 1.82) is 0 Å². The lowest BCUT2D eigenvalue weighted by atomic mass is 9.73. The van der Waals surface area contributed by atoms with Gasteiger partial charge in [-0.05, 0) is 44.3 Å². The Labute approximate surface area is 157 Å². The van der Waals surface area contributed by atoms with Gasteiger partial charge in [0.1, 0.15) is 0 Å². The highest BCUT2D eigenvalue weighted by molar-refractivity contribution is 5.82. The summed E-state index contributed by atoms with van der Waals surface area (Å²) in [6, 6.07) is 9.22. The topological polar surface area (TPSA) is 49.8 Å². The number of benzene rings is 1. The first-order valence-corrected chi connectivity index (χ1v) is 9.73. The van der Waals surface area contributed by atoms with Gasteiger partial charge in [-0.25, -0.2) is 4.79 Å². The Morgan fingerprint density at radius 1 is 1.23 bits per heavy atom. The maximum absolute atomic E-state index is 13.2. The number of carbonyl (C=O) groups is 1. The molecule has 0 heterocycles. The molecule has 26 heavy (non-hydrogen) atoms. The molecule has 0 radical (unpaired) electrons. The second-order valence-electron chi connectivity index (χ2n) is 6.84. The van der Waals surface area contributed by atoms with E-state index in [0.717, 1.165) is 45.2 Å². The molecule has 1 aliphatic rings. The van der Waals surface area contributed by atoms with E-state index in [0.29, 0.717) is 5.56 Å². The van der Waals surface area contributed by atoms with Crippen molar-refractivity contribution in [3.05, 3.63) is 35.9 Å². The minimum absolute atomic E-state index is 0.127. The second kappa shape index (κ2) is 9.75. The Hall–Kier alpha value is -1.83. The van der Waals surface area contributed by atoms with Gasteiger partial charge in [0.05, 0.1) is 0 Å². The number of rotatable bonds is 7. The zero-order valence-electron chi connectivity index (χ0n) is 16.2. The predicted molar refractivity (Wildman–Crippen MR) is 103 cm³/mol. The largest absolute Gasteiger partial charge is 0.432 e. The summed E-state index contributed by atoms with van der Waals surface area (Å²) >= 11 is 0. The normalized spacial score (nSPS) is 18.5. The zero-order chi connectivity index (χ0) is 19.0. The van der Waals surface area contributed by atoms with Crippen LogP contribution in [0, 0.1) is 17.8 Å². The number of aliphatic hydroxyl groups is 1. The maximum Gasteiger partial charge on any atom is 0.345 e. The molecule has 0 amide bonds. The third-order valence-corrected chi connectivity index (χ3v) is 5.35. The SMILES string of the molecule is CC#CC(OC(=O)C(O)(c1ccccc1)C1CCCCC1)N(CC)CC. The van der Waals surface area contributed by atoms with E-state index in [9.17, 15) is 9.90 Å². The maximum atomic E-state index is 13.2. The minimum atomic E-state index is -1.62. The molecule has 2 atom stereocenters. The van der Waals surface area contributed by atoms with E-state index in [1.54, 1.807) is 6.92 Å². The van der Waals surface area contributed by atoms with E-state index < -0.39 is 17.8 Å². The van der Waals surface area contributed by atoms with Crippen LogP contribution in [0.2, 0.25) is 0 Å². The average Bonchev–Trinajstić information content (AvgIpc) is 2.69. The van der Waals surface area contributed by atoms with Crippen molar-refractivity contribution >= 4 is 5.97 Å². The molecular weight excluding hydrogens is 326 g/mol. The van der Waals surface area contributed by atoms with Gasteiger partial charge in [0.2, 0.25) is 6.23 Å². The lowest BCUT2D eigenvalue weighted by molar-refractivity contribution is -0.185. The van der Waals surface area contributed by atoms with Crippen LogP contribution in [0.15, 0.2) is 30.3 Å². The molecule has 1 saturated carbocycles. The van der Waals surface area contributed by atoms with Crippen LogP contribution in [0.25, 0.3) is 0 Å². The standard InChI is InChI=1S/C22H31NO3/c1-4-13-20(23(5-2)6-3)26-21(24)22(25,18-14-9-7-10-15-18)19-16-11-8-12-17-19/h7,9-10,14-15,19-20,25H,5-6,8,11-12,16-17H2,1-3H3. The van der Waals surface area contributed by atoms with Crippen LogP contribution < -0.4 is 0 Å². The fourth-order valence-electron chi connectivity index (χ4n) is 3.80. The smallest absolute Gasteiger partial charge is 0.345 e. The molecule has 1 aliphatic carbocycles. The fraction of sp³-hybridized carbons (Fsp3) is 0.591. The van der Waals surface area contributed by atoms with Crippen molar-refractivity contribution in [2.75, 3.05) is 13.1 Å². The number of hydrogen-bond donors (Lipinski definition) is 1. The summed E-state index contributed by atoms with van der Waals surface area (Å²) in [5.41, 5.74) is -1.01. The van der Waals surface area contributed by atoms with Crippen molar-refractivity contribution in [2.45, 2.75) is 64.7 Å². The van der Waals surface area contributed by atoms with Gasteiger partial charge in [-0.3, -0.25) is 4.90 Å². The van der Waals surface area contributed by atoms with Crippen LogP contribution in [0.4, 0.5) is 0 Å². The summed E-state index contributed by atoms with van der Waals surface area (Å²) < 4.78 is 5.77. The van der Waals surface area contributed by atoms with E-state index in [1.807, 2.05) is 49.1 Å². The molecule has 142 valence electrons. The minimum Gasteiger partial charge on any atom is -0.432 e. The Bertz CT molecular complexity index is 624. The van der Waals surface area contributed by atoms with Crippen molar-refractivity contribution in [1.82, 2.24) is 4.90 Å². The second-order valence-corrected chi connectivity index (χ2v) is 6.84. The van der Waals surface area contributed by atoms with Gasteiger partial charge in [-0.15, -0.1) is 5.92 Å². The molecule has 1 N–H and O–H groups in total. The highest BCUT2D eigenvalue weighted by atomic mass is 16.6. The highest BCUT2D eigenvalue weighted by Gasteiger charge is 2.48. The van der Waals surface area contributed by atoms with Crippen molar-refractivity contribution < 1.29 is 14.6 Å². The van der Waals surface area contributed by atoms with Crippen LogP contribution in [0.3, 0.4) is 0 Å². The Morgan fingerprint density at radius 2 is 1.85 bits per heavy atom. The molecule has 1 fully saturated rings. The van der Waals surface area contributed by atoms with Gasteiger partial charge in [0.15, 0.2) is 5.60 Å². The first-order chi connectivity index (χ1) is 12.6. The van der Waals surface area contributed by atoms with E-state index in [1.165, 1.54) is 0 Å². The molecule has 1 aromatic rings. The summed E-state index contributed by atoms with van der Waals surface area (Å²) in [5, 5.41) is 11.6. The third kappa shape index (κ3) is 4.47. The number of esters is 1. The van der Waals surface area contributed by atoms with E-state index in [2.05, 4.69) is 11.8 Å². The van der Waals surface area contributed by atoms with Gasteiger partial charge < -0.3 is 9.84 Å². The van der Waals surface area contributed by atoms with Crippen LogP contribution in [0.5, 0.6) is 0 Å². The van der Waals surface area contributed by atoms with Crippen molar-refractivity contribution in [3.8, 4) is 11.8 Å². The van der Waals surface area contributed by atoms with Gasteiger partial charge in [-0.1, -0.05) is 63.4 Å². The summed E-state index contributed by atoms with van der Waals surface area (Å²) in [6.07, 6.45) is 4.23.